The van der Waals surface area contributed by atoms with E-state index in [-0.39, 0.29) is 18.9 Å². The molecule has 1 fully saturated rings. The van der Waals surface area contributed by atoms with Gasteiger partial charge in [-0.15, -0.1) is 0 Å². The van der Waals surface area contributed by atoms with Crippen LogP contribution in [0.3, 0.4) is 0 Å². The van der Waals surface area contributed by atoms with E-state index >= 15 is 0 Å². The first-order valence-electron chi connectivity index (χ1n) is 5.46. The maximum atomic E-state index is 12.3. The van der Waals surface area contributed by atoms with Gasteiger partial charge in [-0.25, -0.2) is 12.7 Å². The lowest BCUT2D eigenvalue weighted by Gasteiger charge is -2.35. The number of halogens is 3. The molecule has 0 atom stereocenters. The Labute approximate surface area is 112 Å². The third kappa shape index (κ3) is 3.10. The van der Waals surface area contributed by atoms with Crippen molar-refractivity contribution in [2.45, 2.75) is 6.18 Å². The predicted octanol–water partition coefficient (Wildman–Crippen LogP) is 0.258. The van der Waals surface area contributed by atoms with Gasteiger partial charge in [-0.05, 0) is 0 Å². The van der Waals surface area contributed by atoms with Crippen LogP contribution in [0.1, 0.15) is 5.69 Å². The summed E-state index contributed by atoms with van der Waals surface area (Å²) in [6.45, 7) is 0.0302. The number of hydrogen-bond donors (Lipinski definition) is 2. The van der Waals surface area contributed by atoms with E-state index in [0.29, 0.717) is 6.07 Å². The number of carbonyl (C=O) groups excluding carboxylic acids is 1. The van der Waals surface area contributed by atoms with E-state index in [0.717, 1.165) is 10.6 Å². The van der Waals surface area contributed by atoms with Crippen molar-refractivity contribution in [1.29, 1.82) is 0 Å². The number of amides is 1. The zero-order chi connectivity index (χ0) is 15.1. The van der Waals surface area contributed by atoms with E-state index < -0.39 is 33.7 Å². The monoisotopic (exact) mass is 312 g/mol. The Hall–Kier alpha value is -1.62. The third-order valence-corrected chi connectivity index (χ3v) is 4.06. The van der Waals surface area contributed by atoms with Crippen molar-refractivity contribution >= 4 is 21.7 Å². The average Bonchev–Trinajstić information content (AvgIpc) is 2.60. The molecule has 0 bridgehead atoms. The van der Waals surface area contributed by atoms with E-state index in [1.165, 1.54) is 0 Å². The maximum absolute atomic E-state index is 12.3. The van der Waals surface area contributed by atoms with Crippen molar-refractivity contribution in [2.24, 2.45) is 5.92 Å². The van der Waals surface area contributed by atoms with Crippen LogP contribution in [0.15, 0.2) is 6.07 Å². The number of alkyl halides is 3. The number of rotatable bonds is 3. The standard InChI is InChI=1S/C9H11F3N4O3S/c1-20(18,19)16-3-5(4-16)8(17)13-7-2-6(14-15-7)9(10,11)12/h2,5H,3-4H2,1H3,(H2,13,14,15,17). The molecular weight excluding hydrogens is 301 g/mol. The number of nitrogens with one attached hydrogen (secondary N) is 2. The van der Waals surface area contributed by atoms with Crippen LogP contribution in [0.4, 0.5) is 19.0 Å². The SMILES string of the molecule is CS(=O)(=O)N1CC(C(=O)Nc2cc(C(F)(F)F)[nH]n2)C1. The Bertz CT molecular complexity index is 619. The summed E-state index contributed by atoms with van der Waals surface area (Å²) in [5, 5.41) is 7.29. The Kier molecular flexibility index (Phi) is 3.50. The quantitative estimate of drug-likeness (QED) is 0.837. The largest absolute Gasteiger partial charge is 0.432 e. The number of aromatic nitrogens is 2. The molecule has 0 unspecified atom stereocenters. The number of carbonyl (C=O) groups is 1. The summed E-state index contributed by atoms with van der Waals surface area (Å²) in [7, 11) is -3.34. The van der Waals surface area contributed by atoms with Crippen LogP contribution in [0, 0.1) is 5.92 Å². The highest BCUT2D eigenvalue weighted by atomic mass is 32.2. The number of anilines is 1. The van der Waals surface area contributed by atoms with E-state index in [1.807, 2.05) is 0 Å². The van der Waals surface area contributed by atoms with Gasteiger partial charge in [0.1, 0.15) is 5.69 Å². The van der Waals surface area contributed by atoms with Gasteiger partial charge >= 0.3 is 6.18 Å². The molecule has 1 aromatic rings. The highest BCUT2D eigenvalue weighted by Gasteiger charge is 2.38. The van der Waals surface area contributed by atoms with Gasteiger partial charge in [0.15, 0.2) is 5.82 Å². The second-order valence-electron chi connectivity index (χ2n) is 4.43. The lowest BCUT2D eigenvalue weighted by molar-refractivity contribution is -0.141. The van der Waals surface area contributed by atoms with Crippen LogP contribution in [-0.2, 0) is 21.0 Å². The molecule has 1 amide bonds. The normalized spacial score (nSPS) is 17.8. The topological polar surface area (TPSA) is 95.2 Å². The lowest BCUT2D eigenvalue weighted by Crippen LogP contribution is -2.53. The molecule has 0 aliphatic carbocycles. The fraction of sp³-hybridized carbons (Fsp3) is 0.556. The van der Waals surface area contributed by atoms with Gasteiger partial charge in [0.2, 0.25) is 15.9 Å². The van der Waals surface area contributed by atoms with Gasteiger partial charge in [-0.1, -0.05) is 0 Å². The molecule has 11 heteroatoms. The van der Waals surface area contributed by atoms with Gasteiger partial charge in [-0.3, -0.25) is 9.89 Å². The fourth-order valence-corrected chi connectivity index (χ4v) is 2.54. The lowest BCUT2D eigenvalue weighted by atomic mass is 10.0. The predicted molar refractivity (Wildman–Crippen MR) is 62.1 cm³/mol. The molecule has 1 aliphatic rings. The number of sulfonamides is 1. The summed E-state index contributed by atoms with van der Waals surface area (Å²) >= 11 is 0. The van der Waals surface area contributed by atoms with Crippen LogP contribution in [0.5, 0.6) is 0 Å². The van der Waals surface area contributed by atoms with E-state index in [4.69, 9.17) is 0 Å². The Morgan fingerprint density at radius 1 is 1.50 bits per heavy atom. The average molecular weight is 312 g/mol. The van der Waals surface area contributed by atoms with Crippen molar-refractivity contribution in [3.05, 3.63) is 11.8 Å². The molecule has 2 rings (SSSR count). The minimum atomic E-state index is -4.57. The van der Waals surface area contributed by atoms with Crippen LogP contribution in [0.25, 0.3) is 0 Å². The van der Waals surface area contributed by atoms with E-state index in [9.17, 15) is 26.4 Å². The molecule has 7 nitrogen and oxygen atoms in total. The van der Waals surface area contributed by atoms with Gasteiger partial charge in [-0.2, -0.15) is 18.3 Å². The molecule has 1 aromatic heterocycles. The molecule has 0 spiro atoms. The molecule has 20 heavy (non-hydrogen) atoms. The Morgan fingerprint density at radius 3 is 2.55 bits per heavy atom. The van der Waals surface area contributed by atoms with Gasteiger partial charge in [0.05, 0.1) is 12.2 Å². The molecular formula is C9H11F3N4O3S. The molecule has 2 N–H and O–H groups in total. The minimum Gasteiger partial charge on any atom is -0.309 e. The molecule has 0 aromatic carbocycles. The number of H-pyrrole nitrogens is 1. The molecule has 0 saturated carbocycles. The molecule has 0 radical (unpaired) electrons. The molecule has 1 saturated heterocycles. The van der Waals surface area contributed by atoms with Crippen molar-refractivity contribution in [2.75, 3.05) is 24.7 Å². The zero-order valence-corrected chi connectivity index (χ0v) is 11.0. The van der Waals surface area contributed by atoms with Crippen LogP contribution >= 0.6 is 0 Å². The summed E-state index contributed by atoms with van der Waals surface area (Å²) in [5.41, 5.74) is -1.07. The first-order valence-corrected chi connectivity index (χ1v) is 7.31. The fourth-order valence-electron chi connectivity index (χ4n) is 1.63. The van der Waals surface area contributed by atoms with Crippen LogP contribution < -0.4 is 5.32 Å². The summed E-state index contributed by atoms with van der Waals surface area (Å²) in [6, 6.07) is 0.672. The Balaban J connectivity index is 1.92. The summed E-state index contributed by atoms with van der Waals surface area (Å²) in [4.78, 5) is 11.7. The number of hydrogen-bond acceptors (Lipinski definition) is 4. The summed E-state index contributed by atoms with van der Waals surface area (Å²) in [6.07, 6.45) is -3.55. The summed E-state index contributed by atoms with van der Waals surface area (Å²) < 4.78 is 60.2. The van der Waals surface area contributed by atoms with Gasteiger partial charge in [0, 0.05) is 19.2 Å². The number of aromatic amines is 1. The van der Waals surface area contributed by atoms with Gasteiger partial charge in [0.25, 0.3) is 0 Å². The second-order valence-corrected chi connectivity index (χ2v) is 6.41. The molecule has 2 heterocycles. The highest BCUT2D eigenvalue weighted by Crippen LogP contribution is 2.29. The molecule has 112 valence electrons. The second kappa shape index (κ2) is 4.74. The first kappa shape index (κ1) is 14.8. The van der Waals surface area contributed by atoms with Crippen molar-refractivity contribution in [3.8, 4) is 0 Å². The van der Waals surface area contributed by atoms with Gasteiger partial charge < -0.3 is 5.32 Å². The highest BCUT2D eigenvalue weighted by molar-refractivity contribution is 7.88. The maximum Gasteiger partial charge on any atom is 0.432 e. The van der Waals surface area contributed by atoms with Crippen molar-refractivity contribution in [1.82, 2.24) is 14.5 Å². The first-order chi connectivity index (χ1) is 9.07. The minimum absolute atomic E-state index is 0.0151. The van der Waals surface area contributed by atoms with Crippen LogP contribution in [0.2, 0.25) is 0 Å². The number of nitrogens with zero attached hydrogens (tertiary/aromatic N) is 2. The van der Waals surface area contributed by atoms with Crippen molar-refractivity contribution in [3.63, 3.8) is 0 Å². The Morgan fingerprint density at radius 2 is 2.10 bits per heavy atom. The van der Waals surface area contributed by atoms with E-state index in [1.54, 1.807) is 5.10 Å². The molecule has 1 aliphatic heterocycles. The summed E-state index contributed by atoms with van der Waals surface area (Å²) in [5.74, 6) is -1.40. The van der Waals surface area contributed by atoms with Crippen molar-refractivity contribution < 1.29 is 26.4 Å². The third-order valence-electron chi connectivity index (χ3n) is 2.82. The van der Waals surface area contributed by atoms with Crippen LogP contribution in [-0.4, -0.2) is 48.2 Å². The zero-order valence-electron chi connectivity index (χ0n) is 10.2. The van der Waals surface area contributed by atoms with E-state index in [2.05, 4.69) is 10.4 Å². The smallest absolute Gasteiger partial charge is 0.309 e.